The molecule has 1 aliphatic heterocycles. The molecule has 1 aromatic carbocycles. The summed E-state index contributed by atoms with van der Waals surface area (Å²) in [5.41, 5.74) is 6.12. The van der Waals surface area contributed by atoms with E-state index in [0.717, 1.165) is 18.8 Å². The molecule has 1 aromatic rings. The zero-order valence-electron chi connectivity index (χ0n) is 10.2. The van der Waals surface area contributed by atoms with Gasteiger partial charge in [0.25, 0.3) is 0 Å². The molecule has 2 rings (SSSR count). The van der Waals surface area contributed by atoms with Gasteiger partial charge in [-0.15, -0.1) is 0 Å². The Hall–Kier alpha value is -1.59. The summed E-state index contributed by atoms with van der Waals surface area (Å²) in [7, 11) is 0. The van der Waals surface area contributed by atoms with Crippen LogP contribution in [-0.2, 0) is 16.0 Å². The quantitative estimate of drug-likeness (QED) is 0.751. The lowest BCUT2D eigenvalue weighted by atomic mass is 10.1. The van der Waals surface area contributed by atoms with Gasteiger partial charge in [-0.3, -0.25) is 4.79 Å². The molecule has 5 nitrogen and oxygen atoms in total. The summed E-state index contributed by atoms with van der Waals surface area (Å²) in [4.78, 5) is 10.4. The molecule has 0 radical (unpaired) electrons. The monoisotopic (exact) mass is 253 g/mol. The second kappa shape index (κ2) is 7.68. The van der Waals surface area contributed by atoms with Crippen LogP contribution in [0, 0.1) is 0 Å². The molecule has 18 heavy (non-hydrogen) atoms. The number of nitrogens with two attached hydrogens (primary N) is 1. The SMILES string of the molecule is C1CCOC1.NC(Cc1ccc(O)cc1)C(=O)O. The molecule has 0 amide bonds. The Morgan fingerprint density at radius 2 is 1.83 bits per heavy atom. The lowest BCUT2D eigenvalue weighted by Crippen LogP contribution is -2.32. The van der Waals surface area contributed by atoms with E-state index >= 15 is 0 Å². The lowest BCUT2D eigenvalue weighted by molar-refractivity contribution is -0.138. The van der Waals surface area contributed by atoms with Crippen molar-refractivity contribution in [2.24, 2.45) is 5.73 Å². The molecule has 0 aromatic heterocycles. The predicted octanol–water partition coefficient (Wildman–Crippen LogP) is 1.14. The van der Waals surface area contributed by atoms with Gasteiger partial charge in [0.05, 0.1) is 0 Å². The number of aliphatic carboxylic acids is 1. The normalized spacial score (nSPS) is 15.6. The Balaban J connectivity index is 0.000000269. The number of phenols is 1. The predicted molar refractivity (Wildman–Crippen MR) is 67.5 cm³/mol. The molecule has 1 unspecified atom stereocenters. The third-order valence-corrected chi connectivity index (χ3v) is 2.54. The van der Waals surface area contributed by atoms with Crippen LogP contribution in [0.4, 0.5) is 0 Å². The zero-order valence-corrected chi connectivity index (χ0v) is 10.2. The smallest absolute Gasteiger partial charge is 0.320 e. The van der Waals surface area contributed by atoms with E-state index in [2.05, 4.69) is 0 Å². The third kappa shape index (κ3) is 5.65. The number of rotatable bonds is 3. The summed E-state index contributed by atoms with van der Waals surface area (Å²) in [5.74, 6) is -0.860. The van der Waals surface area contributed by atoms with Crippen molar-refractivity contribution in [2.45, 2.75) is 25.3 Å². The topological polar surface area (TPSA) is 92.8 Å². The molecule has 100 valence electrons. The van der Waals surface area contributed by atoms with Crippen LogP contribution < -0.4 is 5.73 Å². The van der Waals surface area contributed by atoms with Gasteiger partial charge in [-0.25, -0.2) is 0 Å². The highest BCUT2D eigenvalue weighted by Gasteiger charge is 2.11. The van der Waals surface area contributed by atoms with Crippen molar-refractivity contribution in [2.75, 3.05) is 13.2 Å². The van der Waals surface area contributed by atoms with E-state index in [1.165, 1.54) is 25.0 Å². The van der Waals surface area contributed by atoms with Gasteiger partial charge >= 0.3 is 5.97 Å². The number of ether oxygens (including phenoxy) is 1. The molecule has 5 heteroatoms. The van der Waals surface area contributed by atoms with Crippen LogP contribution >= 0.6 is 0 Å². The molecule has 0 bridgehead atoms. The molecule has 0 spiro atoms. The van der Waals surface area contributed by atoms with E-state index in [9.17, 15) is 4.79 Å². The third-order valence-electron chi connectivity index (χ3n) is 2.54. The Bertz CT molecular complexity index is 352. The van der Waals surface area contributed by atoms with Crippen LogP contribution in [0.5, 0.6) is 5.75 Å². The van der Waals surface area contributed by atoms with E-state index in [1.807, 2.05) is 0 Å². The number of benzene rings is 1. The number of aromatic hydroxyl groups is 1. The number of carbonyl (C=O) groups is 1. The van der Waals surface area contributed by atoms with Crippen LogP contribution in [0.2, 0.25) is 0 Å². The molecular weight excluding hydrogens is 234 g/mol. The van der Waals surface area contributed by atoms with E-state index in [-0.39, 0.29) is 12.2 Å². The van der Waals surface area contributed by atoms with Gasteiger partial charge in [-0.2, -0.15) is 0 Å². The van der Waals surface area contributed by atoms with E-state index in [1.54, 1.807) is 12.1 Å². The maximum atomic E-state index is 10.4. The van der Waals surface area contributed by atoms with Crippen LogP contribution in [0.15, 0.2) is 24.3 Å². The Labute approximate surface area is 106 Å². The van der Waals surface area contributed by atoms with Crippen molar-refractivity contribution < 1.29 is 19.7 Å². The second-order valence-electron chi connectivity index (χ2n) is 4.13. The first kappa shape index (κ1) is 14.5. The number of phenolic OH excluding ortho intramolecular Hbond substituents is 1. The summed E-state index contributed by atoms with van der Waals surface area (Å²) in [6.07, 6.45) is 2.83. The van der Waals surface area contributed by atoms with Gasteiger partial charge in [-0.1, -0.05) is 12.1 Å². The molecule has 1 saturated heterocycles. The molecule has 1 aliphatic rings. The van der Waals surface area contributed by atoms with Crippen LogP contribution in [0.25, 0.3) is 0 Å². The van der Waals surface area contributed by atoms with Gasteiger partial charge in [0.2, 0.25) is 0 Å². The van der Waals surface area contributed by atoms with E-state index in [0.29, 0.717) is 0 Å². The second-order valence-corrected chi connectivity index (χ2v) is 4.13. The molecule has 1 atom stereocenters. The largest absolute Gasteiger partial charge is 0.508 e. The molecule has 0 aliphatic carbocycles. The van der Waals surface area contributed by atoms with Crippen molar-refractivity contribution in [1.82, 2.24) is 0 Å². The average molecular weight is 253 g/mol. The fourth-order valence-corrected chi connectivity index (χ4v) is 1.48. The summed E-state index contributed by atoms with van der Waals surface area (Å²) < 4.78 is 4.94. The Kier molecular flexibility index (Phi) is 6.18. The van der Waals surface area contributed by atoms with E-state index in [4.69, 9.17) is 20.7 Å². The first-order valence-corrected chi connectivity index (χ1v) is 5.93. The number of carboxylic acid groups (broad SMARTS) is 1. The van der Waals surface area contributed by atoms with Crippen LogP contribution in [0.1, 0.15) is 18.4 Å². The molecule has 1 fully saturated rings. The maximum Gasteiger partial charge on any atom is 0.320 e. The highest BCUT2D eigenvalue weighted by atomic mass is 16.5. The highest BCUT2D eigenvalue weighted by Crippen LogP contribution is 2.10. The first-order valence-electron chi connectivity index (χ1n) is 5.93. The summed E-state index contributed by atoms with van der Waals surface area (Å²) >= 11 is 0. The molecule has 1 heterocycles. The van der Waals surface area contributed by atoms with Crippen LogP contribution in [0.3, 0.4) is 0 Å². The summed E-state index contributed by atoms with van der Waals surface area (Å²) in [6, 6.07) is 5.42. The van der Waals surface area contributed by atoms with Crippen molar-refractivity contribution in [3.63, 3.8) is 0 Å². The Morgan fingerprint density at radius 1 is 1.28 bits per heavy atom. The minimum atomic E-state index is -1.02. The van der Waals surface area contributed by atoms with E-state index < -0.39 is 12.0 Å². The highest BCUT2D eigenvalue weighted by molar-refractivity contribution is 5.73. The van der Waals surface area contributed by atoms with Gasteiger partial charge in [0.1, 0.15) is 11.8 Å². The van der Waals surface area contributed by atoms with Crippen LogP contribution in [-0.4, -0.2) is 35.4 Å². The van der Waals surface area contributed by atoms with Crippen molar-refractivity contribution in [3.05, 3.63) is 29.8 Å². The van der Waals surface area contributed by atoms with Gasteiger partial charge in [-0.05, 0) is 37.0 Å². The molecular formula is C13H19NO4. The van der Waals surface area contributed by atoms with Crippen molar-refractivity contribution in [1.29, 1.82) is 0 Å². The summed E-state index contributed by atoms with van der Waals surface area (Å²) in [6.45, 7) is 2.00. The fraction of sp³-hybridized carbons (Fsp3) is 0.462. The fourth-order valence-electron chi connectivity index (χ4n) is 1.48. The Morgan fingerprint density at radius 3 is 2.22 bits per heavy atom. The van der Waals surface area contributed by atoms with Gasteiger partial charge in [0.15, 0.2) is 0 Å². The van der Waals surface area contributed by atoms with Crippen molar-refractivity contribution >= 4 is 5.97 Å². The minimum absolute atomic E-state index is 0.160. The number of hydrogen-bond donors (Lipinski definition) is 3. The average Bonchev–Trinajstić information content (AvgIpc) is 2.90. The zero-order chi connectivity index (χ0) is 13.4. The minimum Gasteiger partial charge on any atom is -0.508 e. The maximum absolute atomic E-state index is 10.4. The van der Waals surface area contributed by atoms with Gasteiger partial charge < -0.3 is 20.7 Å². The number of carboxylic acids is 1. The standard InChI is InChI=1S/C9H11NO3.C4H8O/c10-8(9(12)13)5-6-1-3-7(11)4-2-6;1-2-4-5-3-1/h1-4,8,11H,5,10H2,(H,12,13);1-4H2. The lowest BCUT2D eigenvalue weighted by Gasteiger charge is -2.05. The molecule has 4 N–H and O–H groups in total. The van der Waals surface area contributed by atoms with Gasteiger partial charge in [0, 0.05) is 13.2 Å². The number of hydrogen-bond acceptors (Lipinski definition) is 4. The van der Waals surface area contributed by atoms with Crippen molar-refractivity contribution in [3.8, 4) is 5.75 Å². The first-order chi connectivity index (χ1) is 8.59. The molecule has 0 saturated carbocycles. The summed E-state index contributed by atoms with van der Waals surface area (Å²) in [5, 5.41) is 17.5.